The molecule has 3 aromatic rings. The van der Waals surface area contributed by atoms with E-state index >= 15 is 0 Å². The van der Waals surface area contributed by atoms with E-state index in [1.54, 1.807) is 51.7 Å². The number of benzene rings is 2. The Morgan fingerprint density at radius 1 is 1.07 bits per heavy atom. The molecule has 29 heavy (non-hydrogen) atoms. The smallest absolute Gasteiger partial charge is 0.270 e. The monoisotopic (exact) mass is 399 g/mol. The summed E-state index contributed by atoms with van der Waals surface area (Å²) in [6.07, 6.45) is 0. The van der Waals surface area contributed by atoms with E-state index in [0.717, 1.165) is 0 Å². The van der Waals surface area contributed by atoms with Crippen molar-refractivity contribution in [2.45, 2.75) is 0 Å². The summed E-state index contributed by atoms with van der Waals surface area (Å²) in [5.74, 6) is 0.502. The van der Waals surface area contributed by atoms with Crippen molar-refractivity contribution < 1.29 is 23.4 Å². The minimum Gasteiger partial charge on any atom is -0.497 e. The molecule has 0 bridgehead atoms. The van der Waals surface area contributed by atoms with Crippen LogP contribution in [0.1, 0.15) is 10.5 Å². The molecule has 152 valence electrons. The molecule has 1 N–H and O–H groups in total. The molecule has 7 nitrogen and oxygen atoms in total. The number of ether oxygens (including phenoxy) is 3. The van der Waals surface area contributed by atoms with E-state index in [2.05, 4.69) is 10.4 Å². The third-order valence-electron chi connectivity index (χ3n) is 4.29. The number of nitrogens with one attached hydrogen (secondary N) is 1. The van der Waals surface area contributed by atoms with E-state index in [9.17, 15) is 9.18 Å². The van der Waals surface area contributed by atoms with Crippen LogP contribution in [0.5, 0.6) is 11.5 Å². The van der Waals surface area contributed by atoms with Gasteiger partial charge in [-0.1, -0.05) is 0 Å². The molecule has 3 rings (SSSR count). The number of aromatic nitrogens is 2. The Balaban J connectivity index is 2.07. The number of nitrogens with zero attached hydrogens (tertiary/aromatic N) is 2. The first-order valence-electron chi connectivity index (χ1n) is 8.93. The summed E-state index contributed by atoms with van der Waals surface area (Å²) in [7, 11) is 4.68. The Bertz CT molecular complexity index is 986. The summed E-state index contributed by atoms with van der Waals surface area (Å²) >= 11 is 0. The lowest BCUT2D eigenvalue weighted by atomic mass is 10.1. The lowest BCUT2D eigenvalue weighted by molar-refractivity contribution is 0.0929. The Labute approximate surface area is 168 Å². The molecule has 1 aromatic heterocycles. The van der Waals surface area contributed by atoms with Crippen LogP contribution in [0.2, 0.25) is 0 Å². The quantitative estimate of drug-likeness (QED) is 0.590. The first-order chi connectivity index (χ1) is 14.1. The molecule has 0 radical (unpaired) electrons. The molecule has 0 saturated carbocycles. The molecule has 0 atom stereocenters. The molecule has 1 amide bonds. The average molecular weight is 399 g/mol. The molecular formula is C21H22FN3O4. The normalized spacial score (nSPS) is 10.6. The number of halogens is 1. The highest BCUT2D eigenvalue weighted by molar-refractivity contribution is 5.94. The van der Waals surface area contributed by atoms with Crippen LogP contribution in [0.25, 0.3) is 16.9 Å². The van der Waals surface area contributed by atoms with E-state index < -0.39 is 0 Å². The molecule has 1 heterocycles. The van der Waals surface area contributed by atoms with Crippen LogP contribution in [-0.2, 0) is 4.74 Å². The molecule has 2 aromatic carbocycles. The number of carbonyl (C=O) groups excluding carboxylic acids is 1. The van der Waals surface area contributed by atoms with E-state index in [1.165, 1.54) is 16.8 Å². The van der Waals surface area contributed by atoms with Crippen molar-refractivity contribution in [3.05, 3.63) is 60.0 Å². The highest BCUT2D eigenvalue weighted by atomic mass is 19.1. The van der Waals surface area contributed by atoms with Gasteiger partial charge in [-0.05, 0) is 42.5 Å². The number of rotatable bonds is 8. The van der Waals surface area contributed by atoms with Gasteiger partial charge in [-0.2, -0.15) is 5.10 Å². The second-order valence-corrected chi connectivity index (χ2v) is 6.12. The zero-order chi connectivity index (χ0) is 20.8. The van der Waals surface area contributed by atoms with Gasteiger partial charge in [0.2, 0.25) is 0 Å². The lowest BCUT2D eigenvalue weighted by Crippen LogP contribution is -2.28. The third kappa shape index (κ3) is 4.55. The van der Waals surface area contributed by atoms with E-state index in [0.29, 0.717) is 47.3 Å². The zero-order valence-electron chi connectivity index (χ0n) is 16.4. The number of hydrogen-bond acceptors (Lipinski definition) is 5. The lowest BCUT2D eigenvalue weighted by Gasteiger charge is -2.09. The van der Waals surface area contributed by atoms with Crippen molar-refractivity contribution in [2.75, 3.05) is 34.5 Å². The highest BCUT2D eigenvalue weighted by Crippen LogP contribution is 2.33. The van der Waals surface area contributed by atoms with Crippen LogP contribution in [-0.4, -0.2) is 50.2 Å². The van der Waals surface area contributed by atoms with Crippen molar-refractivity contribution in [2.24, 2.45) is 0 Å². The standard InChI is InChI=1S/C21H22FN3O4/c1-27-11-10-23-21(26)19-13-18(17-9-8-16(28-2)12-20(17)29-3)24-25(19)15-6-4-14(22)5-7-15/h4-9,12-13H,10-11H2,1-3H3,(H,23,26). The van der Waals surface area contributed by atoms with Crippen LogP contribution in [0, 0.1) is 5.82 Å². The van der Waals surface area contributed by atoms with Crippen molar-refractivity contribution in [3.63, 3.8) is 0 Å². The maximum atomic E-state index is 13.4. The number of hydrogen-bond donors (Lipinski definition) is 1. The van der Waals surface area contributed by atoms with Gasteiger partial charge in [0.15, 0.2) is 0 Å². The van der Waals surface area contributed by atoms with Crippen LogP contribution >= 0.6 is 0 Å². The highest BCUT2D eigenvalue weighted by Gasteiger charge is 2.19. The maximum absolute atomic E-state index is 13.4. The molecule has 0 aliphatic rings. The van der Waals surface area contributed by atoms with E-state index in [1.807, 2.05) is 6.07 Å². The Kier molecular flexibility index (Phi) is 6.46. The van der Waals surface area contributed by atoms with Crippen molar-refractivity contribution in [1.82, 2.24) is 15.1 Å². The zero-order valence-corrected chi connectivity index (χ0v) is 16.4. The summed E-state index contributed by atoms with van der Waals surface area (Å²) < 4.78 is 30.5. The predicted molar refractivity (Wildman–Crippen MR) is 106 cm³/mol. The van der Waals surface area contributed by atoms with Gasteiger partial charge >= 0.3 is 0 Å². The van der Waals surface area contributed by atoms with Crippen molar-refractivity contribution >= 4 is 5.91 Å². The number of methoxy groups -OCH3 is 3. The van der Waals surface area contributed by atoms with Crippen molar-refractivity contribution in [1.29, 1.82) is 0 Å². The van der Waals surface area contributed by atoms with Gasteiger partial charge in [-0.3, -0.25) is 4.79 Å². The summed E-state index contributed by atoms with van der Waals surface area (Å²) in [5, 5.41) is 7.36. The molecule has 0 spiro atoms. The molecule has 0 fully saturated rings. The maximum Gasteiger partial charge on any atom is 0.270 e. The van der Waals surface area contributed by atoms with Gasteiger partial charge in [0.05, 0.1) is 32.2 Å². The Morgan fingerprint density at radius 2 is 1.83 bits per heavy atom. The second kappa shape index (κ2) is 9.20. The van der Waals surface area contributed by atoms with Crippen molar-refractivity contribution in [3.8, 4) is 28.4 Å². The second-order valence-electron chi connectivity index (χ2n) is 6.12. The number of amides is 1. The van der Waals surface area contributed by atoms with Gasteiger partial charge in [-0.25, -0.2) is 9.07 Å². The van der Waals surface area contributed by atoms with Gasteiger partial charge in [-0.15, -0.1) is 0 Å². The van der Waals surface area contributed by atoms with Crippen LogP contribution < -0.4 is 14.8 Å². The number of carbonyl (C=O) groups is 1. The molecular weight excluding hydrogens is 377 g/mol. The minimum atomic E-state index is -0.371. The molecule has 0 aliphatic carbocycles. The van der Waals surface area contributed by atoms with Crippen LogP contribution in [0.4, 0.5) is 4.39 Å². The summed E-state index contributed by atoms with van der Waals surface area (Å²) in [6, 6.07) is 12.7. The topological polar surface area (TPSA) is 74.6 Å². The fourth-order valence-corrected chi connectivity index (χ4v) is 2.82. The largest absolute Gasteiger partial charge is 0.497 e. The molecule has 0 saturated heterocycles. The van der Waals surface area contributed by atoms with Gasteiger partial charge in [0.25, 0.3) is 5.91 Å². The average Bonchev–Trinajstić information content (AvgIpc) is 3.19. The van der Waals surface area contributed by atoms with Crippen LogP contribution in [0.15, 0.2) is 48.5 Å². The van der Waals surface area contributed by atoms with E-state index in [-0.39, 0.29) is 11.7 Å². The van der Waals surface area contributed by atoms with Gasteiger partial charge < -0.3 is 19.5 Å². The summed E-state index contributed by atoms with van der Waals surface area (Å²) in [5.41, 5.74) is 2.09. The molecule has 8 heteroatoms. The third-order valence-corrected chi connectivity index (χ3v) is 4.29. The first-order valence-corrected chi connectivity index (χ1v) is 8.93. The van der Waals surface area contributed by atoms with Crippen LogP contribution in [0.3, 0.4) is 0 Å². The first kappa shape index (κ1) is 20.3. The molecule has 0 unspecified atom stereocenters. The summed E-state index contributed by atoms with van der Waals surface area (Å²) in [6.45, 7) is 0.737. The molecule has 0 aliphatic heterocycles. The fraction of sp³-hybridized carbons (Fsp3) is 0.238. The Hall–Kier alpha value is -3.39. The predicted octanol–water partition coefficient (Wildman–Crippen LogP) is 3.07. The van der Waals surface area contributed by atoms with Gasteiger partial charge in [0.1, 0.15) is 23.0 Å². The minimum absolute atomic E-state index is 0.306. The SMILES string of the molecule is COCCNC(=O)c1cc(-c2ccc(OC)cc2OC)nn1-c1ccc(F)cc1. The Morgan fingerprint density at radius 3 is 2.48 bits per heavy atom. The fourth-order valence-electron chi connectivity index (χ4n) is 2.82. The van der Waals surface area contributed by atoms with Gasteiger partial charge in [0, 0.05) is 25.3 Å². The van der Waals surface area contributed by atoms with E-state index in [4.69, 9.17) is 14.2 Å². The summed E-state index contributed by atoms with van der Waals surface area (Å²) in [4.78, 5) is 12.7.